The van der Waals surface area contributed by atoms with E-state index in [9.17, 15) is 9.59 Å². The number of aromatic nitrogens is 3. The maximum atomic E-state index is 13.1. The van der Waals surface area contributed by atoms with Crippen LogP contribution in [0.5, 0.6) is 11.5 Å². The summed E-state index contributed by atoms with van der Waals surface area (Å²) in [6.07, 6.45) is 3.06. The van der Waals surface area contributed by atoms with Gasteiger partial charge in [-0.3, -0.25) is 9.48 Å². The molecule has 0 unspecified atom stereocenters. The lowest BCUT2D eigenvalue weighted by Crippen LogP contribution is -2.43. The van der Waals surface area contributed by atoms with Crippen LogP contribution in [0.25, 0.3) is 22.2 Å². The molecule has 5 aromatic rings. The minimum absolute atomic E-state index is 0.114. The molecule has 0 bridgehead atoms. The topological polar surface area (TPSA) is 120 Å². The van der Waals surface area contributed by atoms with Crippen LogP contribution in [-0.4, -0.2) is 64.6 Å². The molecule has 50 heavy (non-hydrogen) atoms. The number of methoxy groups -OCH3 is 2. The van der Waals surface area contributed by atoms with E-state index in [-0.39, 0.29) is 18.0 Å². The summed E-state index contributed by atoms with van der Waals surface area (Å²) in [7, 11) is 3.25. The SMILES string of the molecule is COc1ccc(CNc2ncc(Br)c3c2c(-c2ccc(C(=O)Nc4ccccc4)cc2)nn3[C@@H]2CCCN(C(=O)OC(C)(C)C)C2)c(OC)c1. The highest BCUT2D eigenvalue weighted by molar-refractivity contribution is 9.10. The molecule has 260 valence electrons. The zero-order valence-electron chi connectivity index (χ0n) is 28.8. The maximum Gasteiger partial charge on any atom is 0.410 e. The molecule has 1 aliphatic rings. The zero-order valence-corrected chi connectivity index (χ0v) is 30.4. The van der Waals surface area contributed by atoms with Crippen molar-refractivity contribution in [2.75, 3.05) is 37.9 Å². The number of benzene rings is 3. The molecule has 0 spiro atoms. The average molecular weight is 742 g/mol. The van der Waals surface area contributed by atoms with Crippen molar-refractivity contribution >= 4 is 50.3 Å². The van der Waals surface area contributed by atoms with Crippen LogP contribution in [0.3, 0.4) is 0 Å². The second-order valence-electron chi connectivity index (χ2n) is 13.1. The highest BCUT2D eigenvalue weighted by Gasteiger charge is 2.31. The number of anilines is 2. The number of rotatable bonds is 9. The molecule has 1 aliphatic heterocycles. The van der Waals surface area contributed by atoms with Gasteiger partial charge in [0.25, 0.3) is 5.91 Å². The average Bonchev–Trinajstić information content (AvgIpc) is 3.53. The van der Waals surface area contributed by atoms with Gasteiger partial charge in [0.05, 0.1) is 35.6 Å². The fourth-order valence-electron chi connectivity index (χ4n) is 6.06. The molecule has 12 heteroatoms. The number of carbonyl (C=O) groups is 2. The number of ether oxygens (including phenoxy) is 3. The van der Waals surface area contributed by atoms with Gasteiger partial charge in [0.1, 0.15) is 28.6 Å². The van der Waals surface area contributed by atoms with Crippen molar-refractivity contribution < 1.29 is 23.8 Å². The van der Waals surface area contributed by atoms with Gasteiger partial charge in [-0.2, -0.15) is 5.10 Å². The Hall–Kier alpha value is -5.10. The molecule has 11 nitrogen and oxygen atoms in total. The molecule has 0 aliphatic carbocycles. The van der Waals surface area contributed by atoms with Crippen molar-refractivity contribution in [1.29, 1.82) is 0 Å². The number of piperidine rings is 1. The Morgan fingerprint density at radius 1 is 1.00 bits per heavy atom. The Morgan fingerprint density at radius 2 is 1.76 bits per heavy atom. The normalized spacial score (nSPS) is 14.7. The molecule has 0 radical (unpaired) electrons. The first-order valence-corrected chi connectivity index (χ1v) is 17.3. The van der Waals surface area contributed by atoms with Gasteiger partial charge in [0.2, 0.25) is 0 Å². The summed E-state index contributed by atoms with van der Waals surface area (Å²) >= 11 is 3.77. The molecule has 1 fully saturated rings. The number of amides is 2. The number of halogens is 1. The Kier molecular flexibility index (Phi) is 10.3. The van der Waals surface area contributed by atoms with Gasteiger partial charge in [-0.15, -0.1) is 0 Å². The minimum atomic E-state index is -0.596. The van der Waals surface area contributed by atoms with Crippen LogP contribution in [0.15, 0.2) is 83.5 Å². The Bertz CT molecular complexity index is 1990. The number of pyridine rings is 1. The van der Waals surface area contributed by atoms with E-state index in [1.54, 1.807) is 37.4 Å². The van der Waals surface area contributed by atoms with Crippen molar-refractivity contribution in [3.63, 3.8) is 0 Å². The number of para-hydroxylation sites is 1. The van der Waals surface area contributed by atoms with Crippen molar-refractivity contribution in [3.05, 3.63) is 94.6 Å². The van der Waals surface area contributed by atoms with E-state index in [0.717, 1.165) is 45.0 Å². The second kappa shape index (κ2) is 14.8. The third-order valence-corrected chi connectivity index (χ3v) is 9.05. The quantitative estimate of drug-likeness (QED) is 0.155. The highest BCUT2D eigenvalue weighted by atomic mass is 79.9. The van der Waals surface area contributed by atoms with Crippen LogP contribution >= 0.6 is 15.9 Å². The summed E-state index contributed by atoms with van der Waals surface area (Å²) in [5, 5.41) is 12.5. The number of nitrogens with zero attached hydrogens (tertiary/aromatic N) is 4. The number of hydrogen-bond donors (Lipinski definition) is 2. The monoisotopic (exact) mass is 740 g/mol. The van der Waals surface area contributed by atoms with E-state index < -0.39 is 5.60 Å². The molecule has 6 rings (SSSR count). The fourth-order valence-corrected chi connectivity index (χ4v) is 6.54. The smallest absolute Gasteiger partial charge is 0.410 e. The van der Waals surface area contributed by atoms with E-state index in [2.05, 4.69) is 26.6 Å². The van der Waals surface area contributed by atoms with Gasteiger partial charge in [0.15, 0.2) is 0 Å². The summed E-state index contributed by atoms with van der Waals surface area (Å²) < 4.78 is 19.5. The molecule has 2 aromatic heterocycles. The lowest BCUT2D eigenvalue weighted by molar-refractivity contribution is 0.0169. The second-order valence-corrected chi connectivity index (χ2v) is 14.0. The maximum absolute atomic E-state index is 13.1. The number of hydrogen-bond acceptors (Lipinski definition) is 8. The molecule has 3 heterocycles. The standard InChI is InChI=1S/C38H41BrN6O5/c1-38(2,3)50-37(47)44-19-9-12-28(23-44)45-34-30(39)22-41-35(40-21-26-17-18-29(48-4)20-31(26)49-5)32(34)33(43-45)24-13-15-25(16-14-24)36(46)42-27-10-7-6-8-11-27/h6-8,10-11,13-18,20,22,28H,9,12,19,21,23H2,1-5H3,(H,40,41)(H,42,46)/t28-/m1/s1. The largest absolute Gasteiger partial charge is 0.497 e. The summed E-state index contributed by atoms with van der Waals surface area (Å²) in [5.41, 5.74) is 3.93. The molecule has 1 atom stereocenters. The van der Waals surface area contributed by atoms with Crippen LogP contribution in [0.1, 0.15) is 55.6 Å². The van der Waals surface area contributed by atoms with Gasteiger partial charge in [-0.05, 0) is 85.9 Å². The van der Waals surface area contributed by atoms with Crippen molar-refractivity contribution in [1.82, 2.24) is 19.7 Å². The van der Waals surface area contributed by atoms with Crippen molar-refractivity contribution in [2.24, 2.45) is 0 Å². The third kappa shape index (κ3) is 7.70. The summed E-state index contributed by atoms with van der Waals surface area (Å²) in [4.78, 5) is 32.7. The number of fused-ring (bicyclic) bond motifs is 1. The Labute approximate surface area is 300 Å². The van der Waals surface area contributed by atoms with E-state index >= 15 is 0 Å². The molecular formula is C38H41BrN6O5. The molecule has 1 saturated heterocycles. The first-order chi connectivity index (χ1) is 24.0. The Balaban J connectivity index is 1.39. The first kappa shape index (κ1) is 34.8. The van der Waals surface area contributed by atoms with Gasteiger partial charge >= 0.3 is 6.09 Å². The predicted molar refractivity (Wildman–Crippen MR) is 198 cm³/mol. The van der Waals surface area contributed by atoms with Gasteiger partial charge in [-0.1, -0.05) is 30.3 Å². The van der Waals surface area contributed by atoms with E-state index in [4.69, 9.17) is 24.3 Å². The molecule has 2 amide bonds. The zero-order chi connectivity index (χ0) is 35.4. The van der Waals surface area contributed by atoms with Crippen molar-refractivity contribution in [2.45, 2.75) is 51.8 Å². The fraction of sp³-hybridized carbons (Fsp3) is 0.316. The van der Waals surface area contributed by atoms with Crippen molar-refractivity contribution in [3.8, 4) is 22.8 Å². The van der Waals surface area contributed by atoms with Gasteiger partial charge < -0.3 is 29.7 Å². The number of nitrogens with one attached hydrogen (secondary N) is 2. The van der Waals surface area contributed by atoms with Crippen LogP contribution in [0, 0.1) is 0 Å². The van der Waals surface area contributed by atoms with Gasteiger partial charge in [-0.25, -0.2) is 9.78 Å². The lowest BCUT2D eigenvalue weighted by Gasteiger charge is -2.34. The molecule has 3 aromatic carbocycles. The number of likely N-dealkylation sites (tertiary alicyclic amines) is 1. The van der Waals surface area contributed by atoms with Crippen LogP contribution in [-0.2, 0) is 11.3 Å². The number of carbonyl (C=O) groups excluding carboxylic acids is 2. The van der Waals surface area contributed by atoms with E-state index in [1.807, 2.05) is 86.1 Å². The van der Waals surface area contributed by atoms with Gasteiger partial charge in [0, 0.05) is 54.3 Å². The van der Waals surface area contributed by atoms with Crippen LogP contribution in [0.4, 0.5) is 16.3 Å². The minimum Gasteiger partial charge on any atom is -0.497 e. The van der Waals surface area contributed by atoms with Crippen LogP contribution in [0.2, 0.25) is 0 Å². The molecule has 2 N–H and O–H groups in total. The highest BCUT2D eigenvalue weighted by Crippen LogP contribution is 2.40. The van der Waals surface area contributed by atoms with Crippen LogP contribution < -0.4 is 20.1 Å². The predicted octanol–water partition coefficient (Wildman–Crippen LogP) is 8.31. The third-order valence-electron chi connectivity index (χ3n) is 8.47. The molecular weight excluding hydrogens is 700 g/mol. The first-order valence-electron chi connectivity index (χ1n) is 16.5. The Morgan fingerprint density at radius 3 is 2.46 bits per heavy atom. The lowest BCUT2D eigenvalue weighted by atomic mass is 10.0. The summed E-state index contributed by atoms with van der Waals surface area (Å²) in [5.74, 6) is 1.82. The van der Waals surface area contributed by atoms with E-state index in [0.29, 0.717) is 48.2 Å². The molecule has 0 saturated carbocycles. The summed E-state index contributed by atoms with van der Waals surface area (Å²) in [6.45, 7) is 7.10. The summed E-state index contributed by atoms with van der Waals surface area (Å²) in [6, 6.07) is 22.3. The van der Waals surface area contributed by atoms with E-state index in [1.165, 1.54) is 0 Å².